The van der Waals surface area contributed by atoms with Crippen LogP contribution in [0.15, 0.2) is 36.4 Å². The molecular formula is C14H8O4S. The third-order valence-electron chi connectivity index (χ3n) is 2.96. The van der Waals surface area contributed by atoms with Crippen LogP contribution >= 0.6 is 11.3 Å². The van der Waals surface area contributed by atoms with Crippen LogP contribution in [0.4, 0.5) is 0 Å². The van der Waals surface area contributed by atoms with Gasteiger partial charge in [0.15, 0.2) is 0 Å². The summed E-state index contributed by atoms with van der Waals surface area (Å²) in [5.41, 5.74) is 0.404. The zero-order valence-electron chi connectivity index (χ0n) is 9.58. The predicted molar refractivity (Wildman–Crippen MR) is 73.2 cm³/mol. The SMILES string of the molecule is O=C(O)c1ccc2sc3ccc(C(=O)O)cc3c2c1. The molecular weight excluding hydrogens is 264 g/mol. The Bertz CT molecular complexity index is 764. The van der Waals surface area contributed by atoms with Gasteiger partial charge in [0.2, 0.25) is 0 Å². The fourth-order valence-electron chi connectivity index (χ4n) is 2.04. The minimum absolute atomic E-state index is 0.202. The molecule has 4 nitrogen and oxygen atoms in total. The molecule has 0 fully saturated rings. The number of fused-ring (bicyclic) bond motifs is 3. The molecule has 0 aliphatic heterocycles. The Morgan fingerprint density at radius 3 is 1.58 bits per heavy atom. The third-order valence-corrected chi connectivity index (χ3v) is 4.11. The summed E-state index contributed by atoms with van der Waals surface area (Å²) in [5.74, 6) is -1.98. The van der Waals surface area contributed by atoms with Crippen molar-refractivity contribution in [3.8, 4) is 0 Å². The molecule has 0 saturated heterocycles. The highest BCUT2D eigenvalue weighted by atomic mass is 32.1. The summed E-state index contributed by atoms with van der Waals surface area (Å²) in [5, 5.41) is 19.6. The molecule has 0 amide bonds. The van der Waals surface area contributed by atoms with E-state index in [-0.39, 0.29) is 11.1 Å². The van der Waals surface area contributed by atoms with Crippen molar-refractivity contribution in [3.05, 3.63) is 47.5 Å². The second kappa shape index (κ2) is 4.07. The van der Waals surface area contributed by atoms with Crippen molar-refractivity contribution in [2.24, 2.45) is 0 Å². The van der Waals surface area contributed by atoms with E-state index in [0.29, 0.717) is 0 Å². The lowest BCUT2D eigenvalue weighted by atomic mass is 10.1. The molecule has 0 aliphatic carbocycles. The average molecular weight is 272 g/mol. The maximum atomic E-state index is 11.0. The van der Waals surface area contributed by atoms with Gasteiger partial charge in [-0.1, -0.05) is 0 Å². The van der Waals surface area contributed by atoms with Gasteiger partial charge in [0.05, 0.1) is 11.1 Å². The summed E-state index contributed by atoms with van der Waals surface area (Å²) < 4.78 is 1.89. The van der Waals surface area contributed by atoms with Gasteiger partial charge in [0, 0.05) is 20.2 Å². The normalized spacial score (nSPS) is 10.9. The first-order valence-corrected chi connectivity index (χ1v) is 6.31. The maximum Gasteiger partial charge on any atom is 0.335 e. The van der Waals surface area contributed by atoms with Gasteiger partial charge in [-0.2, -0.15) is 0 Å². The molecule has 94 valence electrons. The largest absolute Gasteiger partial charge is 0.478 e. The number of hydrogen-bond acceptors (Lipinski definition) is 3. The molecule has 0 saturated carbocycles. The van der Waals surface area contributed by atoms with Gasteiger partial charge in [-0.15, -0.1) is 11.3 Å². The highest BCUT2D eigenvalue weighted by Crippen LogP contribution is 2.34. The summed E-state index contributed by atoms with van der Waals surface area (Å²) in [4.78, 5) is 22.0. The van der Waals surface area contributed by atoms with E-state index in [2.05, 4.69) is 0 Å². The topological polar surface area (TPSA) is 74.6 Å². The lowest BCUT2D eigenvalue weighted by Crippen LogP contribution is -1.95. The molecule has 19 heavy (non-hydrogen) atoms. The van der Waals surface area contributed by atoms with Crippen LogP contribution in [0, 0.1) is 0 Å². The molecule has 1 aromatic heterocycles. The number of carboxylic acid groups (broad SMARTS) is 2. The van der Waals surface area contributed by atoms with E-state index in [0.717, 1.165) is 20.2 Å². The Morgan fingerprint density at radius 1 is 0.789 bits per heavy atom. The quantitative estimate of drug-likeness (QED) is 0.749. The van der Waals surface area contributed by atoms with Gasteiger partial charge in [-0.3, -0.25) is 0 Å². The predicted octanol–water partition coefficient (Wildman–Crippen LogP) is 3.45. The zero-order chi connectivity index (χ0) is 13.6. The van der Waals surface area contributed by atoms with E-state index in [1.807, 2.05) is 0 Å². The summed E-state index contributed by atoms with van der Waals surface area (Å²) in [7, 11) is 0. The van der Waals surface area contributed by atoms with Crippen LogP contribution in [0.2, 0.25) is 0 Å². The number of aromatic carboxylic acids is 2. The van der Waals surface area contributed by atoms with Crippen molar-refractivity contribution in [2.45, 2.75) is 0 Å². The maximum absolute atomic E-state index is 11.0. The first-order valence-electron chi connectivity index (χ1n) is 5.49. The van der Waals surface area contributed by atoms with E-state index in [4.69, 9.17) is 10.2 Å². The zero-order valence-corrected chi connectivity index (χ0v) is 10.4. The molecule has 2 aromatic carbocycles. The Kier molecular flexibility index (Phi) is 2.50. The summed E-state index contributed by atoms with van der Waals surface area (Å²) in [6.45, 7) is 0. The van der Waals surface area contributed by atoms with Crippen molar-refractivity contribution < 1.29 is 19.8 Å². The van der Waals surface area contributed by atoms with E-state index < -0.39 is 11.9 Å². The van der Waals surface area contributed by atoms with Crippen LogP contribution in [-0.4, -0.2) is 22.2 Å². The standard InChI is InChI=1S/C14H8O4S/c15-13(16)7-1-3-11-9(5-7)10-6-8(14(17)18)2-4-12(10)19-11/h1-6H,(H,15,16)(H,17,18). The molecule has 0 spiro atoms. The molecule has 3 rings (SSSR count). The average Bonchev–Trinajstić information content (AvgIpc) is 2.75. The summed E-state index contributed by atoms with van der Waals surface area (Å²) in [6, 6.07) is 9.79. The molecule has 1 heterocycles. The van der Waals surface area contributed by atoms with Crippen molar-refractivity contribution >= 4 is 43.4 Å². The molecule has 0 unspecified atom stereocenters. The van der Waals surface area contributed by atoms with E-state index in [1.165, 1.54) is 11.3 Å². The third kappa shape index (κ3) is 1.84. The highest BCUT2D eigenvalue weighted by molar-refractivity contribution is 7.25. The fourth-order valence-corrected chi connectivity index (χ4v) is 3.11. The minimum atomic E-state index is -0.990. The van der Waals surface area contributed by atoms with Crippen LogP contribution in [0.3, 0.4) is 0 Å². The van der Waals surface area contributed by atoms with E-state index >= 15 is 0 Å². The molecule has 0 bridgehead atoms. The van der Waals surface area contributed by atoms with Crippen LogP contribution in [0.5, 0.6) is 0 Å². The first-order chi connectivity index (χ1) is 9.06. The Morgan fingerprint density at radius 2 is 1.21 bits per heavy atom. The van der Waals surface area contributed by atoms with Gasteiger partial charge >= 0.3 is 11.9 Å². The number of carboxylic acids is 2. The van der Waals surface area contributed by atoms with Crippen molar-refractivity contribution in [1.82, 2.24) is 0 Å². The molecule has 0 radical (unpaired) electrons. The van der Waals surface area contributed by atoms with Crippen molar-refractivity contribution in [1.29, 1.82) is 0 Å². The van der Waals surface area contributed by atoms with Crippen LogP contribution in [-0.2, 0) is 0 Å². The first kappa shape index (κ1) is 11.7. The smallest absolute Gasteiger partial charge is 0.335 e. The molecule has 3 aromatic rings. The van der Waals surface area contributed by atoms with E-state index in [9.17, 15) is 9.59 Å². The molecule has 5 heteroatoms. The number of benzene rings is 2. The van der Waals surface area contributed by atoms with Crippen molar-refractivity contribution in [3.63, 3.8) is 0 Å². The summed E-state index contributed by atoms with van der Waals surface area (Å²) in [6.07, 6.45) is 0. The second-order valence-corrected chi connectivity index (χ2v) is 5.22. The Balaban J connectivity index is 2.37. The van der Waals surface area contributed by atoms with Crippen LogP contribution < -0.4 is 0 Å². The Labute approximate surface area is 111 Å². The van der Waals surface area contributed by atoms with Crippen molar-refractivity contribution in [2.75, 3.05) is 0 Å². The van der Waals surface area contributed by atoms with Gasteiger partial charge < -0.3 is 10.2 Å². The lowest BCUT2D eigenvalue weighted by Gasteiger charge is -1.97. The van der Waals surface area contributed by atoms with Gasteiger partial charge in [0.25, 0.3) is 0 Å². The Hall–Kier alpha value is -2.40. The van der Waals surface area contributed by atoms with Gasteiger partial charge in [0.1, 0.15) is 0 Å². The fraction of sp³-hybridized carbons (Fsp3) is 0. The number of thiophene rings is 1. The van der Waals surface area contributed by atoms with Crippen LogP contribution in [0.1, 0.15) is 20.7 Å². The number of hydrogen-bond donors (Lipinski definition) is 2. The van der Waals surface area contributed by atoms with E-state index in [1.54, 1.807) is 36.4 Å². The van der Waals surface area contributed by atoms with Crippen LogP contribution in [0.25, 0.3) is 20.2 Å². The van der Waals surface area contributed by atoms with Gasteiger partial charge in [-0.25, -0.2) is 9.59 Å². The van der Waals surface area contributed by atoms with Gasteiger partial charge in [-0.05, 0) is 36.4 Å². The lowest BCUT2D eigenvalue weighted by molar-refractivity contribution is 0.0686. The molecule has 2 N–H and O–H groups in total. The minimum Gasteiger partial charge on any atom is -0.478 e. The number of carbonyl (C=O) groups is 2. The number of rotatable bonds is 2. The second-order valence-electron chi connectivity index (χ2n) is 4.13. The molecule has 0 atom stereocenters. The highest BCUT2D eigenvalue weighted by Gasteiger charge is 2.11. The molecule has 0 aliphatic rings. The monoisotopic (exact) mass is 272 g/mol. The summed E-state index contributed by atoms with van der Waals surface area (Å²) >= 11 is 1.52.